The second kappa shape index (κ2) is 6.23. The Morgan fingerprint density at radius 1 is 1.45 bits per heavy atom. The van der Waals surface area contributed by atoms with E-state index < -0.39 is 18.0 Å². The summed E-state index contributed by atoms with van der Waals surface area (Å²) in [6.07, 6.45) is -0.862. The Kier molecular flexibility index (Phi) is 4.39. The minimum Gasteiger partial charge on any atom is -0.458 e. The van der Waals surface area contributed by atoms with Crippen molar-refractivity contribution in [2.45, 2.75) is 6.10 Å². The van der Waals surface area contributed by atoms with Gasteiger partial charge in [-0.3, -0.25) is 0 Å². The molecule has 1 aromatic carbocycles. The van der Waals surface area contributed by atoms with Gasteiger partial charge in [0.25, 0.3) is 0 Å². The van der Waals surface area contributed by atoms with Crippen molar-refractivity contribution in [1.82, 2.24) is 4.91 Å². The number of esters is 2. The van der Waals surface area contributed by atoms with Crippen LogP contribution in [0.5, 0.6) is 0 Å². The maximum atomic E-state index is 11.7. The van der Waals surface area contributed by atoms with E-state index in [0.29, 0.717) is 5.56 Å². The van der Waals surface area contributed by atoms with Gasteiger partial charge < -0.3 is 9.47 Å². The molecule has 1 aliphatic heterocycles. The summed E-state index contributed by atoms with van der Waals surface area (Å²) < 4.78 is 10.1. The molecule has 7 nitrogen and oxygen atoms in total. The fourth-order valence-corrected chi connectivity index (χ4v) is 1.99. The topological polar surface area (TPSA) is 103 Å². The van der Waals surface area contributed by atoms with E-state index in [0.717, 1.165) is 0 Å². The van der Waals surface area contributed by atoms with Crippen LogP contribution in [-0.2, 0) is 14.3 Å². The Balaban J connectivity index is 2.03. The number of hydrogen-bond donors (Lipinski definition) is 1. The van der Waals surface area contributed by atoms with Gasteiger partial charge in [0.15, 0.2) is 16.9 Å². The number of ether oxygens (including phenoxy) is 2. The summed E-state index contributed by atoms with van der Waals surface area (Å²) in [5, 5.41) is 3.47. The molecule has 1 atom stereocenters. The van der Waals surface area contributed by atoms with Gasteiger partial charge in [-0.1, -0.05) is 18.2 Å². The monoisotopic (exact) mass is 338 g/mol. The van der Waals surface area contributed by atoms with Crippen molar-refractivity contribution in [3.05, 3.63) is 46.1 Å². The first kappa shape index (κ1) is 14.1. The van der Waals surface area contributed by atoms with E-state index in [2.05, 4.69) is 26.0 Å². The van der Waals surface area contributed by atoms with Crippen molar-refractivity contribution >= 4 is 27.9 Å². The van der Waals surface area contributed by atoms with Crippen molar-refractivity contribution in [3.8, 4) is 0 Å². The third-order valence-corrected chi connectivity index (χ3v) is 3.22. The molecule has 0 aromatic heterocycles. The van der Waals surface area contributed by atoms with Gasteiger partial charge in [-0.15, -0.1) is 0 Å². The van der Waals surface area contributed by atoms with Crippen LogP contribution in [0.1, 0.15) is 10.4 Å². The summed E-state index contributed by atoms with van der Waals surface area (Å²) in [5.74, 6) is -1.17. The smallest absolute Gasteiger partial charge is 0.348 e. The van der Waals surface area contributed by atoms with Crippen LogP contribution in [0.25, 0.3) is 0 Å². The standard InChI is InChI=1S/C12H9BrN3O4/c13-9-10(15-16-14)8(20-12(9)18)6-19-11(17)7-4-2-1-3-5-7/h1-5,8,14H,6H2/q+1. The molecule has 0 aliphatic carbocycles. The first-order valence-electron chi connectivity index (χ1n) is 5.53. The quantitative estimate of drug-likeness (QED) is 0.514. The molecule has 1 heterocycles. The lowest BCUT2D eigenvalue weighted by Crippen LogP contribution is -2.21. The largest absolute Gasteiger partial charge is 0.458 e. The van der Waals surface area contributed by atoms with Crippen LogP contribution in [-0.4, -0.2) is 24.6 Å². The van der Waals surface area contributed by atoms with Crippen molar-refractivity contribution in [1.29, 1.82) is 5.53 Å². The van der Waals surface area contributed by atoms with Gasteiger partial charge in [0.1, 0.15) is 16.6 Å². The minimum absolute atomic E-state index is 0.0780. The third kappa shape index (κ3) is 2.98. The third-order valence-electron chi connectivity index (χ3n) is 2.49. The first-order chi connectivity index (χ1) is 9.63. The molecule has 102 valence electrons. The number of nitrogens with one attached hydrogen (secondary N) is 1. The summed E-state index contributed by atoms with van der Waals surface area (Å²) in [5.41, 5.74) is 7.22. The molecule has 0 amide bonds. The van der Waals surface area contributed by atoms with Gasteiger partial charge in [-0.05, 0) is 28.1 Å². The number of carbonyl (C=O) groups is 2. The maximum Gasteiger partial charge on any atom is 0.348 e. The summed E-state index contributed by atoms with van der Waals surface area (Å²) in [6, 6.07) is 8.42. The van der Waals surface area contributed by atoms with Gasteiger partial charge in [0.05, 0.1) is 5.56 Å². The van der Waals surface area contributed by atoms with Crippen LogP contribution in [0.15, 0.2) is 45.6 Å². The van der Waals surface area contributed by atoms with Crippen molar-refractivity contribution in [3.63, 3.8) is 0 Å². The van der Waals surface area contributed by atoms with Gasteiger partial charge in [0, 0.05) is 0 Å². The molecule has 0 bridgehead atoms. The number of hydrogen-bond acceptors (Lipinski definition) is 6. The summed E-state index contributed by atoms with van der Waals surface area (Å²) in [4.78, 5) is 26.0. The van der Waals surface area contributed by atoms with E-state index >= 15 is 0 Å². The molecule has 20 heavy (non-hydrogen) atoms. The zero-order valence-corrected chi connectivity index (χ0v) is 11.7. The van der Waals surface area contributed by atoms with E-state index in [4.69, 9.17) is 15.0 Å². The van der Waals surface area contributed by atoms with Gasteiger partial charge >= 0.3 is 11.9 Å². The highest BCUT2D eigenvalue weighted by Gasteiger charge is 2.37. The van der Waals surface area contributed by atoms with Gasteiger partial charge in [0.2, 0.25) is 4.91 Å². The molecule has 0 saturated heterocycles. The zero-order chi connectivity index (χ0) is 14.5. The van der Waals surface area contributed by atoms with Crippen molar-refractivity contribution < 1.29 is 19.1 Å². The highest BCUT2D eigenvalue weighted by atomic mass is 79.9. The van der Waals surface area contributed by atoms with E-state index in [1.165, 1.54) is 0 Å². The van der Waals surface area contributed by atoms with Crippen molar-refractivity contribution in [2.24, 2.45) is 5.11 Å². The molecule has 0 spiro atoms. The van der Waals surface area contributed by atoms with Crippen LogP contribution in [0.3, 0.4) is 0 Å². The Morgan fingerprint density at radius 2 is 2.15 bits per heavy atom. The summed E-state index contributed by atoms with van der Waals surface area (Å²) in [6.45, 7) is -0.192. The fraction of sp³-hybridized carbons (Fsp3) is 0.167. The minimum atomic E-state index is -0.862. The number of benzene rings is 1. The molecule has 1 unspecified atom stereocenters. The van der Waals surface area contributed by atoms with Crippen LogP contribution < -0.4 is 4.91 Å². The number of carbonyl (C=O) groups excluding carboxylic acids is 2. The number of cyclic esters (lactones) is 1. The van der Waals surface area contributed by atoms with E-state index in [9.17, 15) is 9.59 Å². The zero-order valence-electron chi connectivity index (χ0n) is 10.1. The molecule has 1 N–H and O–H groups in total. The van der Waals surface area contributed by atoms with Crippen LogP contribution >= 0.6 is 15.9 Å². The number of nitrogens with zero attached hydrogens (tertiary/aromatic N) is 2. The van der Waals surface area contributed by atoms with Crippen LogP contribution in [0.4, 0.5) is 0 Å². The average molecular weight is 339 g/mol. The summed E-state index contributed by atoms with van der Waals surface area (Å²) in [7, 11) is 0. The predicted octanol–water partition coefficient (Wildman–Crippen LogP) is 1.93. The predicted molar refractivity (Wildman–Crippen MR) is 69.8 cm³/mol. The maximum absolute atomic E-state index is 11.7. The molecule has 1 aromatic rings. The Labute approximate surface area is 121 Å². The lowest BCUT2D eigenvalue weighted by atomic mass is 10.2. The molecule has 0 fully saturated rings. The lowest BCUT2D eigenvalue weighted by Gasteiger charge is -2.09. The second-order valence-electron chi connectivity index (χ2n) is 3.76. The Morgan fingerprint density at radius 3 is 2.80 bits per heavy atom. The lowest BCUT2D eigenvalue weighted by molar-refractivity contribution is -0.140. The van der Waals surface area contributed by atoms with Crippen molar-refractivity contribution in [2.75, 3.05) is 6.61 Å². The van der Waals surface area contributed by atoms with Crippen LogP contribution in [0, 0.1) is 5.53 Å². The molecule has 1 aliphatic rings. The molecule has 8 heteroatoms. The number of halogens is 1. The van der Waals surface area contributed by atoms with E-state index in [1.807, 2.05) is 0 Å². The van der Waals surface area contributed by atoms with Gasteiger partial charge in [-0.2, -0.15) is 0 Å². The van der Waals surface area contributed by atoms with E-state index in [-0.39, 0.29) is 16.8 Å². The highest BCUT2D eigenvalue weighted by molar-refractivity contribution is 9.12. The number of rotatable bonds is 4. The van der Waals surface area contributed by atoms with Gasteiger partial charge in [-0.25, -0.2) is 9.59 Å². The molecular weight excluding hydrogens is 330 g/mol. The first-order valence-corrected chi connectivity index (χ1v) is 6.33. The normalized spacial score (nSPS) is 17.4. The summed E-state index contributed by atoms with van der Waals surface area (Å²) >= 11 is 2.99. The van der Waals surface area contributed by atoms with E-state index in [1.54, 1.807) is 30.3 Å². The second-order valence-corrected chi connectivity index (χ2v) is 4.55. The molecule has 2 rings (SSSR count). The SMILES string of the molecule is N=[N+]=NC1=C(Br)C(=O)OC1COC(=O)c1ccccc1. The Hall–Kier alpha value is -2.31. The molecule has 0 saturated carbocycles. The molecule has 0 radical (unpaired) electrons. The Bertz CT molecular complexity index is 623. The highest BCUT2D eigenvalue weighted by Crippen LogP contribution is 2.28. The average Bonchev–Trinajstić information content (AvgIpc) is 2.74. The fourth-order valence-electron chi connectivity index (χ4n) is 1.57. The van der Waals surface area contributed by atoms with Crippen LogP contribution in [0.2, 0.25) is 0 Å². The molecular formula is C12H9BrN3O4+.